The third-order valence-corrected chi connectivity index (χ3v) is 3.46. The first-order chi connectivity index (χ1) is 11.2. The number of halogens is 1. The average Bonchev–Trinajstić information content (AvgIpc) is 3.02. The fraction of sp³-hybridized carbons (Fsp3) is 0.111. The van der Waals surface area contributed by atoms with Crippen LogP contribution in [0.2, 0.25) is 0 Å². The van der Waals surface area contributed by atoms with Crippen LogP contribution in [0, 0.1) is 17.1 Å². The van der Waals surface area contributed by atoms with Gasteiger partial charge in [0.05, 0.1) is 24.0 Å². The molecular formula is C18H15FN4. The fourth-order valence-corrected chi connectivity index (χ4v) is 2.32. The highest BCUT2D eigenvalue weighted by molar-refractivity contribution is 5.57. The molecule has 0 aliphatic carbocycles. The normalized spacial score (nSPS) is 10.3. The first kappa shape index (κ1) is 14.8. The number of hydrogen-bond acceptors (Lipinski definition) is 3. The van der Waals surface area contributed by atoms with E-state index in [4.69, 9.17) is 5.26 Å². The van der Waals surface area contributed by atoms with Crippen LogP contribution in [0.1, 0.15) is 16.7 Å². The van der Waals surface area contributed by atoms with E-state index in [1.54, 1.807) is 12.3 Å². The zero-order valence-corrected chi connectivity index (χ0v) is 12.4. The van der Waals surface area contributed by atoms with Crippen LogP contribution in [0.25, 0.3) is 0 Å². The van der Waals surface area contributed by atoms with Crippen molar-refractivity contribution in [2.45, 2.75) is 13.1 Å². The molecule has 0 atom stereocenters. The van der Waals surface area contributed by atoms with Crippen molar-refractivity contribution in [3.63, 3.8) is 0 Å². The summed E-state index contributed by atoms with van der Waals surface area (Å²) in [5, 5.41) is 16.5. The van der Waals surface area contributed by atoms with Gasteiger partial charge in [0, 0.05) is 18.3 Å². The minimum absolute atomic E-state index is 0.293. The lowest BCUT2D eigenvalue weighted by atomic mass is 10.2. The number of nitrogens with zero attached hydrogens (tertiary/aromatic N) is 3. The maximum absolute atomic E-state index is 13.1. The second kappa shape index (κ2) is 6.75. The molecule has 0 bridgehead atoms. The summed E-state index contributed by atoms with van der Waals surface area (Å²) in [4.78, 5) is 0. The van der Waals surface area contributed by atoms with E-state index in [0.29, 0.717) is 24.3 Å². The molecule has 0 unspecified atom stereocenters. The molecule has 0 aliphatic heterocycles. The Morgan fingerprint density at radius 2 is 1.96 bits per heavy atom. The van der Waals surface area contributed by atoms with Crippen molar-refractivity contribution in [2.75, 3.05) is 5.32 Å². The molecule has 0 aliphatic rings. The number of hydrogen-bond donors (Lipinski definition) is 1. The Morgan fingerprint density at radius 1 is 1.13 bits per heavy atom. The molecule has 114 valence electrons. The zero-order chi connectivity index (χ0) is 16.1. The highest BCUT2D eigenvalue weighted by Crippen LogP contribution is 2.17. The van der Waals surface area contributed by atoms with Crippen molar-refractivity contribution < 1.29 is 4.39 Å². The number of aromatic nitrogens is 2. The van der Waals surface area contributed by atoms with Crippen molar-refractivity contribution in [2.24, 2.45) is 0 Å². The number of anilines is 1. The zero-order valence-electron chi connectivity index (χ0n) is 12.4. The topological polar surface area (TPSA) is 53.6 Å². The van der Waals surface area contributed by atoms with Crippen LogP contribution in [-0.4, -0.2) is 9.78 Å². The van der Waals surface area contributed by atoms with Gasteiger partial charge in [-0.05, 0) is 23.8 Å². The minimum atomic E-state index is -0.414. The molecular weight excluding hydrogens is 291 g/mol. The van der Waals surface area contributed by atoms with E-state index >= 15 is 0 Å². The van der Waals surface area contributed by atoms with Crippen LogP contribution in [0.15, 0.2) is 60.9 Å². The van der Waals surface area contributed by atoms with Gasteiger partial charge in [-0.2, -0.15) is 10.4 Å². The van der Waals surface area contributed by atoms with Gasteiger partial charge in [-0.25, -0.2) is 4.39 Å². The Bertz CT molecular complexity index is 834. The van der Waals surface area contributed by atoms with E-state index in [1.807, 2.05) is 35.1 Å². The van der Waals surface area contributed by atoms with Gasteiger partial charge in [0.2, 0.25) is 0 Å². The van der Waals surface area contributed by atoms with Crippen LogP contribution in [0.5, 0.6) is 0 Å². The van der Waals surface area contributed by atoms with Crippen molar-refractivity contribution in [1.29, 1.82) is 5.26 Å². The van der Waals surface area contributed by atoms with Crippen LogP contribution in [-0.2, 0) is 13.1 Å². The lowest BCUT2D eigenvalue weighted by Crippen LogP contribution is -2.02. The number of benzene rings is 2. The van der Waals surface area contributed by atoms with Gasteiger partial charge in [0.1, 0.15) is 11.9 Å². The van der Waals surface area contributed by atoms with Crippen LogP contribution >= 0.6 is 0 Å². The molecule has 0 saturated carbocycles. The molecule has 0 fully saturated rings. The van der Waals surface area contributed by atoms with Gasteiger partial charge in [-0.1, -0.05) is 30.3 Å². The van der Waals surface area contributed by atoms with Crippen LogP contribution < -0.4 is 5.32 Å². The molecule has 23 heavy (non-hydrogen) atoms. The number of nitriles is 1. The van der Waals surface area contributed by atoms with E-state index in [9.17, 15) is 4.39 Å². The molecule has 5 heteroatoms. The summed E-state index contributed by atoms with van der Waals surface area (Å²) >= 11 is 0. The molecule has 3 aromatic rings. The van der Waals surface area contributed by atoms with E-state index in [0.717, 1.165) is 5.56 Å². The Kier molecular flexibility index (Phi) is 4.34. The molecule has 4 nitrogen and oxygen atoms in total. The highest BCUT2D eigenvalue weighted by atomic mass is 19.1. The molecule has 1 aromatic heterocycles. The Morgan fingerprint density at radius 3 is 2.74 bits per heavy atom. The van der Waals surface area contributed by atoms with Gasteiger partial charge in [-0.15, -0.1) is 0 Å². The van der Waals surface area contributed by atoms with Gasteiger partial charge >= 0.3 is 0 Å². The first-order valence-corrected chi connectivity index (χ1v) is 7.23. The first-order valence-electron chi connectivity index (χ1n) is 7.23. The number of nitrogens with one attached hydrogen (secondary N) is 1. The summed E-state index contributed by atoms with van der Waals surface area (Å²) in [6, 6.07) is 16.2. The van der Waals surface area contributed by atoms with E-state index in [2.05, 4.69) is 22.5 Å². The Balaban J connectivity index is 1.65. The number of rotatable bonds is 5. The minimum Gasteiger partial charge on any atom is -0.380 e. The largest absolute Gasteiger partial charge is 0.380 e. The van der Waals surface area contributed by atoms with Crippen LogP contribution in [0.3, 0.4) is 0 Å². The molecule has 0 radical (unpaired) electrons. The molecule has 3 rings (SSSR count). The maximum atomic E-state index is 13.1. The third-order valence-electron chi connectivity index (χ3n) is 3.46. The summed E-state index contributed by atoms with van der Waals surface area (Å²) < 4.78 is 15.0. The quantitative estimate of drug-likeness (QED) is 0.784. The molecule has 0 spiro atoms. The van der Waals surface area contributed by atoms with Crippen molar-refractivity contribution >= 4 is 5.69 Å². The van der Waals surface area contributed by atoms with Gasteiger partial charge in [-0.3, -0.25) is 4.68 Å². The third kappa shape index (κ3) is 3.74. The Hall–Kier alpha value is -3.13. The lowest BCUT2D eigenvalue weighted by molar-refractivity contribution is 0.627. The maximum Gasteiger partial charge on any atom is 0.124 e. The fourth-order valence-electron chi connectivity index (χ4n) is 2.32. The van der Waals surface area contributed by atoms with E-state index in [1.165, 1.54) is 17.7 Å². The summed E-state index contributed by atoms with van der Waals surface area (Å²) in [5.74, 6) is -0.414. The van der Waals surface area contributed by atoms with Gasteiger partial charge in [0.15, 0.2) is 0 Å². The van der Waals surface area contributed by atoms with E-state index < -0.39 is 5.82 Å². The standard InChI is InChI=1S/C18H15FN4/c19-17-6-7-18(16(8-17)9-20)21-10-15-11-22-23(13-15)12-14-4-2-1-3-5-14/h1-8,11,13,21H,10,12H2. The molecule has 0 saturated heterocycles. The predicted octanol–water partition coefficient (Wildman–Crippen LogP) is 3.55. The van der Waals surface area contributed by atoms with Gasteiger partial charge < -0.3 is 5.32 Å². The Labute approximate surface area is 133 Å². The van der Waals surface area contributed by atoms with Gasteiger partial charge in [0.25, 0.3) is 0 Å². The summed E-state index contributed by atoms with van der Waals surface area (Å²) in [5.41, 5.74) is 3.08. The summed E-state index contributed by atoms with van der Waals surface area (Å²) in [7, 11) is 0. The van der Waals surface area contributed by atoms with Crippen LogP contribution in [0.4, 0.5) is 10.1 Å². The summed E-state index contributed by atoms with van der Waals surface area (Å²) in [6.45, 7) is 1.23. The van der Waals surface area contributed by atoms with Crippen molar-refractivity contribution in [1.82, 2.24) is 9.78 Å². The lowest BCUT2D eigenvalue weighted by Gasteiger charge is -2.06. The van der Waals surface area contributed by atoms with Crippen molar-refractivity contribution in [3.05, 3.63) is 83.4 Å². The monoisotopic (exact) mass is 306 g/mol. The smallest absolute Gasteiger partial charge is 0.124 e. The van der Waals surface area contributed by atoms with E-state index in [-0.39, 0.29) is 0 Å². The average molecular weight is 306 g/mol. The highest BCUT2D eigenvalue weighted by Gasteiger charge is 2.05. The molecule has 2 aromatic carbocycles. The second-order valence-corrected chi connectivity index (χ2v) is 5.19. The van der Waals surface area contributed by atoms with Crippen molar-refractivity contribution in [3.8, 4) is 6.07 Å². The molecule has 1 N–H and O–H groups in total. The second-order valence-electron chi connectivity index (χ2n) is 5.19. The summed E-state index contributed by atoms with van der Waals surface area (Å²) in [6.07, 6.45) is 3.74. The SMILES string of the molecule is N#Cc1cc(F)ccc1NCc1cnn(Cc2ccccc2)c1. The molecule has 0 amide bonds. The molecule has 1 heterocycles. The predicted molar refractivity (Wildman–Crippen MR) is 86.2 cm³/mol.